The van der Waals surface area contributed by atoms with Gasteiger partial charge in [-0.25, -0.2) is 9.48 Å². The molecule has 0 bridgehead atoms. The minimum absolute atomic E-state index is 0.0713. The molecule has 0 aliphatic rings. The molecular weight excluding hydrogens is 340 g/mol. The Morgan fingerprint density at radius 2 is 2.08 bits per heavy atom. The van der Waals surface area contributed by atoms with E-state index < -0.39 is 5.97 Å². The lowest BCUT2D eigenvalue weighted by molar-refractivity contribution is 0.0430. The normalized spacial score (nSPS) is 10.7. The van der Waals surface area contributed by atoms with Crippen molar-refractivity contribution in [1.82, 2.24) is 19.9 Å². The minimum Gasteiger partial charge on any atom is -0.452 e. The van der Waals surface area contributed by atoms with Gasteiger partial charge in [0.25, 0.3) is 5.89 Å². The summed E-state index contributed by atoms with van der Waals surface area (Å²) in [6.45, 7) is -0.0713. The van der Waals surface area contributed by atoms with E-state index in [-0.39, 0.29) is 12.5 Å². The molecule has 0 saturated heterocycles. The Balaban J connectivity index is 1.39. The summed E-state index contributed by atoms with van der Waals surface area (Å²) in [4.78, 5) is 17.2. The number of thiophene rings is 1. The zero-order chi connectivity index (χ0) is 17.1. The number of aromatic nitrogens is 4. The molecule has 8 heteroatoms. The maximum Gasteiger partial charge on any atom is 0.338 e. The molecule has 7 nitrogen and oxygen atoms in total. The predicted molar refractivity (Wildman–Crippen MR) is 90.3 cm³/mol. The predicted octanol–water partition coefficient (Wildman–Crippen LogP) is 3.34. The summed E-state index contributed by atoms with van der Waals surface area (Å²) < 4.78 is 12.0. The molecule has 0 unspecified atom stereocenters. The SMILES string of the molecule is O=C(OCc1nc(-c2cccs2)no1)c1ccc(-n2cccn2)cc1. The maximum absolute atomic E-state index is 12.1. The molecule has 0 aliphatic carbocycles. The molecule has 0 amide bonds. The summed E-state index contributed by atoms with van der Waals surface area (Å²) in [7, 11) is 0. The molecule has 3 aromatic heterocycles. The Labute approximate surface area is 146 Å². The van der Waals surface area contributed by atoms with Gasteiger partial charge in [-0.3, -0.25) is 0 Å². The Hall–Kier alpha value is -3.26. The highest BCUT2D eigenvalue weighted by molar-refractivity contribution is 7.13. The van der Waals surface area contributed by atoms with Gasteiger partial charge in [0.05, 0.1) is 16.1 Å². The van der Waals surface area contributed by atoms with Crippen molar-refractivity contribution in [3.8, 4) is 16.4 Å². The number of esters is 1. The first kappa shape index (κ1) is 15.3. The Bertz CT molecular complexity index is 960. The van der Waals surface area contributed by atoms with Crippen LogP contribution in [-0.4, -0.2) is 25.9 Å². The summed E-state index contributed by atoms with van der Waals surface area (Å²) in [5, 5.41) is 9.94. The first-order valence-electron chi connectivity index (χ1n) is 7.43. The standard InChI is InChI=1S/C17H12N4O3S/c22-17(12-4-6-13(7-5-12)21-9-2-8-18-21)23-11-15-19-16(20-24-15)14-3-1-10-25-14/h1-10H,11H2. The van der Waals surface area contributed by atoms with E-state index in [4.69, 9.17) is 9.26 Å². The third kappa shape index (κ3) is 3.33. The average molecular weight is 352 g/mol. The van der Waals surface area contributed by atoms with E-state index in [2.05, 4.69) is 15.2 Å². The summed E-state index contributed by atoms with van der Waals surface area (Å²) in [5.74, 6) is 0.289. The first-order valence-corrected chi connectivity index (χ1v) is 8.31. The lowest BCUT2D eigenvalue weighted by atomic mass is 10.2. The molecule has 124 valence electrons. The Morgan fingerprint density at radius 3 is 2.80 bits per heavy atom. The molecule has 0 atom stereocenters. The van der Waals surface area contributed by atoms with Crippen LogP contribution in [0.2, 0.25) is 0 Å². The molecule has 0 radical (unpaired) electrons. The van der Waals surface area contributed by atoms with Crippen molar-refractivity contribution >= 4 is 17.3 Å². The van der Waals surface area contributed by atoms with E-state index in [9.17, 15) is 4.79 Å². The molecular formula is C17H12N4O3S. The second-order valence-electron chi connectivity index (χ2n) is 5.06. The van der Waals surface area contributed by atoms with Gasteiger partial charge in [0, 0.05) is 12.4 Å². The number of carbonyl (C=O) groups excluding carboxylic acids is 1. The number of carbonyl (C=O) groups is 1. The van der Waals surface area contributed by atoms with Crippen molar-refractivity contribution in [3.63, 3.8) is 0 Å². The van der Waals surface area contributed by atoms with Gasteiger partial charge < -0.3 is 9.26 Å². The highest BCUT2D eigenvalue weighted by Gasteiger charge is 2.13. The van der Waals surface area contributed by atoms with Gasteiger partial charge in [-0.2, -0.15) is 10.1 Å². The lowest BCUT2D eigenvalue weighted by Crippen LogP contribution is -2.06. The van der Waals surface area contributed by atoms with Crippen molar-refractivity contribution in [2.75, 3.05) is 0 Å². The molecule has 1 aromatic carbocycles. The zero-order valence-corrected chi connectivity index (χ0v) is 13.7. The third-order valence-corrected chi connectivity index (χ3v) is 4.27. The number of rotatable bonds is 5. The van der Waals surface area contributed by atoms with Crippen molar-refractivity contribution in [2.45, 2.75) is 6.61 Å². The number of nitrogens with zero attached hydrogens (tertiary/aromatic N) is 4. The van der Waals surface area contributed by atoms with Crippen LogP contribution in [0.25, 0.3) is 16.4 Å². The molecule has 0 N–H and O–H groups in total. The van der Waals surface area contributed by atoms with Gasteiger partial charge in [0.2, 0.25) is 5.82 Å². The second kappa shape index (κ2) is 6.70. The van der Waals surface area contributed by atoms with E-state index in [0.29, 0.717) is 11.4 Å². The third-order valence-electron chi connectivity index (χ3n) is 3.41. The summed E-state index contributed by atoms with van der Waals surface area (Å²) in [6.07, 6.45) is 3.52. The van der Waals surface area contributed by atoms with Crippen LogP contribution < -0.4 is 0 Å². The summed E-state index contributed by atoms with van der Waals surface area (Å²) in [5.41, 5.74) is 1.30. The van der Waals surface area contributed by atoms with E-state index in [1.54, 1.807) is 35.1 Å². The maximum atomic E-state index is 12.1. The number of ether oxygens (including phenoxy) is 1. The molecule has 0 fully saturated rings. The topological polar surface area (TPSA) is 83.0 Å². The molecule has 4 rings (SSSR count). The zero-order valence-electron chi connectivity index (χ0n) is 12.9. The minimum atomic E-state index is -0.456. The van der Waals surface area contributed by atoms with Crippen LogP contribution in [0.5, 0.6) is 0 Å². The molecule has 25 heavy (non-hydrogen) atoms. The summed E-state index contributed by atoms with van der Waals surface area (Å²) >= 11 is 1.51. The van der Waals surface area contributed by atoms with Crippen LogP contribution in [0.4, 0.5) is 0 Å². The molecule has 0 aliphatic heterocycles. The Morgan fingerprint density at radius 1 is 1.20 bits per heavy atom. The Kier molecular flexibility index (Phi) is 4.09. The molecule has 3 heterocycles. The van der Waals surface area contributed by atoms with Crippen LogP contribution in [0, 0.1) is 0 Å². The van der Waals surface area contributed by atoms with Gasteiger partial charge in [-0.05, 0) is 41.8 Å². The van der Waals surface area contributed by atoms with Crippen molar-refractivity contribution < 1.29 is 14.1 Å². The van der Waals surface area contributed by atoms with E-state index in [0.717, 1.165) is 10.6 Å². The fraction of sp³-hybridized carbons (Fsp3) is 0.0588. The van der Waals surface area contributed by atoms with Crippen LogP contribution in [0.3, 0.4) is 0 Å². The van der Waals surface area contributed by atoms with E-state index >= 15 is 0 Å². The van der Waals surface area contributed by atoms with Gasteiger partial charge in [-0.15, -0.1) is 11.3 Å². The first-order chi connectivity index (χ1) is 12.3. The fourth-order valence-electron chi connectivity index (χ4n) is 2.20. The molecule has 4 aromatic rings. The molecule has 0 spiro atoms. The summed E-state index contributed by atoms with van der Waals surface area (Å²) in [6, 6.07) is 12.6. The quantitative estimate of drug-likeness (QED) is 0.512. The largest absolute Gasteiger partial charge is 0.452 e. The van der Waals surface area contributed by atoms with E-state index in [1.807, 2.05) is 29.8 Å². The smallest absolute Gasteiger partial charge is 0.338 e. The van der Waals surface area contributed by atoms with Crippen molar-refractivity contribution in [1.29, 1.82) is 0 Å². The second-order valence-corrected chi connectivity index (χ2v) is 6.01. The monoisotopic (exact) mass is 352 g/mol. The number of hydrogen-bond acceptors (Lipinski definition) is 7. The van der Waals surface area contributed by atoms with E-state index in [1.165, 1.54) is 11.3 Å². The fourth-order valence-corrected chi connectivity index (χ4v) is 2.85. The highest BCUT2D eigenvalue weighted by atomic mass is 32.1. The van der Waals surface area contributed by atoms with Crippen LogP contribution in [0.15, 0.2) is 64.8 Å². The molecule has 0 saturated carbocycles. The lowest BCUT2D eigenvalue weighted by Gasteiger charge is -2.04. The van der Waals surface area contributed by atoms with Gasteiger partial charge in [0.1, 0.15) is 0 Å². The van der Waals surface area contributed by atoms with Gasteiger partial charge in [-0.1, -0.05) is 11.2 Å². The average Bonchev–Trinajstić information content (AvgIpc) is 3.42. The van der Waals surface area contributed by atoms with Gasteiger partial charge >= 0.3 is 5.97 Å². The number of hydrogen-bond donors (Lipinski definition) is 0. The van der Waals surface area contributed by atoms with Crippen LogP contribution in [0.1, 0.15) is 16.2 Å². The number of benzene rings is 1. The van der Waals surface area contributed by atoms with Gasteiger partial charge in [0.15, 0.2) is 6.61 Å². The van der Waals surface area contributed by atoms with Crippen molar-refractivity contribution in [3.05, 3.63) is 71.7 Å². The highest BCUT2D eigenvalue weighted by Crippen LogP contribution is 2.21. The van der Waals surface area contributed by atoms with Crippen molar-refractivity contribution in [2.24, 2.45) is 0 Å². The van der Waals surface area contributed by atoms with Crippen LogP contribution in [-0.2, 0) is 11.3 Å². The van der Waals surface area contributed by atoms with Crippen LogP contribution >= 0.6 is 11.3 Å².